The first-order valence-electron chi connectivity index (χ1n) is 3.89. The van der Waals surface area contributed by atoms with Crippen LogP contribution < -0.4 is 0 Å². The molecule has 0 unspecified atom stereocenters. The third-order valence-corrected chi connectivity index (χ3v) is 4.76. The van der Waals surface area contributed by atoms with Crippen molar-refractivity contribution in [3.05, 3.63) is 15.5 Å². The molecule has 7 heteroatoms. The molecular formula is C7H6ClN3S3. The summed E-state index contributed by atoms with van der Waals surface area (Å²) in [6, 6.07) is 0. The number of halogens is 1. The van der Waals surface area contributed by atoms with Gasteiger partial charge in [0.05, 0.1) is 0 Å². The lowest BCUT2D eigenvalue weighted by Gasteiger charge is -1.86. The van der Waals surface area contributed by atoms with E-state index in [9.17, 15) is 0 Å². The number of rotatable bonds is 3. The van der Waals surface area contributed by atoms with Crippen molar-refractivity contribution in [2.75, 3.05) is 0 Å². The van der Waals surface area contributed by atoms with Crippen LogP contribution in [0.3, 0.4) is 0 Å². The number of hydrogen-bond acceptors (Lipinski definition) is 6. The number of nitrogens with zero attached hydrogens (tertiary/aromatic N) is 3. The standard InChI is InChI=1S/C7H6ClN3S3/c1-2-5-10-11-7(13-5)14-6-9-4(8)3-12-6/h3H,2H2,1H3. The van der Waals surface area contributed by atoms with Gasteiger partial charge in [-0.1, -0.05) is 29.9 Å². The van der Waals surface area contributed by atoms with Gasteiger partial charge in [-0.25, -0.2) is 4.98 Å². The van der Waals surface area contributed by atoms with Crippen LogP contribution in [-0.2, 0) is 6.42 Å². The van der Waals surface area contributed by atoms with E-state index in [1.807, 2.05) is 5.38 Å². The second-order valence-corrected chi connectivity index (χ2v) is 6.16. The van der Waals surface area contributed by atoms with Gasteiger partial charge in [-0.3, -0.25) is 0 Å². The maximum Gasteiger partial charge on any atom is 0.181 e. The highest BCUT2D eigenvalue weighted by atomic mass is 35.5. The summed E-state index contributed by atoms with van der Waals surface area (Å²) in [5.74, 6) is 0. The van der Waals surface area contributed by atoms with E-state index in [1.165, 1.54) is 23.1 Å². The molecule has 3 nitrogen and oxygen atoms in total. The highest BCUT2D eigenvalue weighted by Crippen LogP contribution is 2.33. The predicted molar refractivity (Wildman–Crippen MR) is 60.5 cm³/mol. The molecule has 0 saturated carbocycles. The van der Waals surface area contributed by atoms with Gasteiger partial charge in [-0.05, 0) is 18.2 Å². The van der Waals surface area contributed by atoms with Crippen molar-refractivity contribution in [1.82, 2.24) is 15.2 Å². The zero-order valence-electron chi connectivity index (χ0n) is 7.23. The van der Waals surface area contributed by atoms with Crippen LogP contribution in [0.4, 0.5) is 0 Å². The Morgan fingerprint density at radius 1 is 1.43 bits per heavy atom. The van der Waals surface area contributed by atoms with E-state index < -0.39 is 0 Å². The van der Waals surface area contributed by atoms with Crippen molar-refractivity contribution in [3.63, 3.8) is 0 Å². The van der Waals surface area contributed by atoms with Crippen LogP contribution in [0.2, 0.25) is 5.15 Å². The van der Waals surface area contributed by atoms with E-state index in [-0.39, 0.29) is 0 Å². The van der Waals surface area contributed by atoms with Gasteiger partial charge in [0.1, 0.15) is 10.2 Å². The van der Waals surface area contributed by atoms with Crippen LogP contribution in [0, 0.1) is 0 Å². The van der Waals surface area contributed by atoms with Crippen molar-refractivity contribution in [1.29, 1.82) is 0 Å². The Labute approximate surface area is 98.6 Å². The fourth-order valence-electron chi connectivity index (χ4n) is 0.783. The van der Waals surface area contributed by atoms with E-state index in [4.69, 9.17) is 11.6 Å². The maximum atomic E-state index is 5.71. The molecule has 0 aliphatic carbocycles. The maximum absolute atomic E-state index is 5.71. The zero-order valence-corrected chi connectivity index (χ0v) is 10.4. The Hall–Kier alpha value is -0.170. The predicted octanol–water partition coefficient (Wildman–Crippen LogP) is 3.36. The Morgan fingerprint density at radius 3 is 2.86 bits per heavy atom. The SMILES string of the molecule is CCc1nnc(Sc2nc(Cl)cs2)s1. The Bertz CT molecular complexity index is 425. The lowest BCUT2D eigenvalue weighted by atomic mass is 10.5. The quantitative estimate of drug-likeness (QED) is 0.851. The fraction of sp³-hybridized carbons (Fsp3) is 0.286. The molecule has 74 valence electrons. The monoisotopic (exact) mass is 263 g/mol. The number of aryl methyl sites for hydroxylation is 1. The average molecular weight is 264 g/mol. The minimum Gasteiger partial charge on any atom is -0.218 e. The van der Waals surface area contributed by atoms with Crippen molar-refractivity contribution >= 4 is 46.0 Å². The van der Waals surface area contributed by atoms with Gasteiger partial charge in [0, 0.05) is 5.38 Å². The molecule has 0 fully saturated rings. The molecule has 0 amide bonds. The Kier molecular flexibility index (Phi) is 3.38. The summed E-state index contributed by atoms with van der Waals surface area (Å²) in [6.07, 6.45) is 0.927. The largest absolute Gasteiger partial charge is 0.218 e. The Morgan fingerprint density at radius 2 is 2.29 bits per heavy atom. The summed E-state index contributed by atoms with van der Waals surface area (Å²) in [4.78, 5) is 4.13. The van der Waals surface area contributed by atoms with Gasteiger partial charge in [0.2, 0.25) is 0 Å². The van der Waals surface area contributed by atoms with Crippen molar-refractivity contribution in [3.8, 4) is 0 Å². The van der Waals surface area contributed by atoms with Gasteiger partial charge < -0.3 is 0 Å². The third-order valence-electron chi connectivity index (χ3n) is 1.38. The van der Waals surface area contributed by atoms with Crippen LogP contribution in [-0.4, -0.2) is 15.2 Å². The minimum absolute atomic E-state index is 0.540. The lowest BCUT2D eigenvalue weighted by molar-refractivity contribution is 0.943. The van der Waals surface area contributed by atoms with Crippen LogP contribution >= 0.6 is 46.0 Å². The first-order valence-corrected chi connectivity index (χ1v) is 6.78. The molecule has 0 atom stereocenters. The van der Waals surface area contributed by atoms with Crippen LogP contribution in [0.1, 0.15) is 11.9 Å². The first-order chi connectivity index (χ1) is 6.78. The molecular weight excluding hydrogens is 258 g/mol. The molecule has 0 spiro atoms. The molecule has 2 aromatic rings. The molecule has 0 aliphatic rings. The van der Waals surface area contributed by atoms with Crippen molar-refractivity contribution < 1.29 is 0 Å². The van der Waals surface area contributed by atoms with Crippen molar-refractivity contribution in [2.24, 2.45) is 0 Å². The van der Waals surface area contributed by atoms with E-state index >= 15 is 0 Å². The fourth-order valence-corrected chi connectivity index (χ4v) is 3.81. The van der Waals surface area contributed by atoms with Gasteiger partial charge in [0.15, 0.2) is 8.68 Å². The van der Waals surface area contributed by atoms with Gasteiger partial charge in [0.25, 0.3) is 0 Å². The molecule has 2 heterocycles. The van der Waals surface area contributed by atoms with Gasteiger partial charge >= 0.3 is 0 Å². The van der Waals surface area contributed by atoms with Gasteiger partial charge in [-0.2, -0.15) is 0 Å². The number of hydrogen-bond donors (Lipinski definition) is 0. The number of thiazole rings is 1. The highest BCUT2D eigenvalue weighted by Gasteiger charge is 2.07. The van der Waals surface area contributed by atoms with Crippen LogP contribution in [0.5, 0.6) is 0 Å². The lowest BCUT2D eigenvalue weighted by Crippen LogP contribution is -1.75. The smallest absolute Gasteiger partial charge is 0.181 e. The second-order valence-electron chi connectivity index (χ2n) is 2.35. The second kappa shape index (κ2) is 4.57. The summed E-state index contributed by atoms with van der Waals surface area (Å²) < 4.78 is 1.83. The molecule has 0 radical (unpaired) electrons. The topological polar surface area (TPSA) is 38.7 Å². The summed E-state index contributed by atoms with van der Waals surface area (Å²) >= 11 is 10.3. The van der Waals surface area contributed by atoms with E-state index in [2.05, 4.69) is 22.1 Å². The zero-order chi connectivity index (χ0) is 9.97. The molecule has 0 bridgehead atoms. The van der Waals surface area contributed by atoms with E-state index in [0.29, 0.717) is 5.15 Å². The molecule has 2 rings (SSSR count). The normalized spacial score (nSPS) is 10.7. The van der Waals surface area contributed by atoms with Crippen LogP contribution in [0.25, 0.3) is 0 Å². The van der Waals surface area contributed by atoms with Gasteiger partial charge in [-0.15, -0.1) is 21.5 Å². The Balaban J connectivity index is 2.10. The third kappa shape index (κ3) is 2.44. The van der Waals surface area contributed by atoms with E-state index in [1.54, 1.807) is 11.3 Å². The average Bonchev–Trinajstić information content (AvgIpc) is 2.76. The molecule has 0 aromatic carbocycles. The summed E-state index contributed by atoms with van der Waals surface area (Å²) in [7, 11) is 0. The molecule has 0 saturated heterocycles. The summed E-state index contributed by atoms with van der Waals surface area (Å²) in [6.45, 7) is 2.06. The molecule has 0 aliphatic heterocycles. The summed E-state index contributed by atoms with van der Waals surface area (Å²) in [5, 5.41) is 11.5. The number of aromatic nitrogens is 3. The van der Waals surface area contributed by atoms with Crippen molar-refractivity contribution in [2.45, 2.75) is 22.0 Å². The molecule has 2 aromatic heterocycles. The highest BCUT2D eigenvalue weighted by molar-refractivity contribution is 8.02. The first kappa shape index (κ1) is 10.4. The molecule has 14 heavy (non-hydrogen) atoms. The molecule has 0 N–H and O–H groups in total. The summed E-state index contributed by atoms with van der Waals surface area (Å²) in [5.41, 5.74) is 0. The minimum atomic E-state index is 0.540. The van der Waals surface area contributed by atoms with E-state index in [0.717, 1.165) is 20.1 Å². The van der Waals surface area contributed by atoms with Crippen LogP contribution in [0.15, 0.2) is 14.1 Å².